The van der Waals surface area contributed by atoms with Gasteiger partial charge >= 0.3 is 0 Å². The van der Waals surface area contributed by atoms with Gasteiger partial charge in [-0.05, 0) is 60.1 Å². The zero-order chi connectivity index (χ0) is 18.8. The van der Waals surface area contributed by atoms with E-state index >= 15 is 0 Å². The van der Waals surface area contributed by atoms with Gasteiger partial charge in [0.15, 0.2) is 0 Å². The van der Waals surface area contributed by atoms with E-state index in [4.69, 9.17) is 19.7 Å². The quantitative estimate of drug-likeness (QED) is 0.634. The first-order chi connectivity index (χ1) is 12.6. The van der Waals surface area contributed by atoms with Crippen molar-refractivity contribution < 1.29 is 19.7 Å². The molecule has 0 aliphatic carbocycles. The molecule has 2 N–H and O–H groups in total. The van der Waals surface area contributed by atoms with Crippen molar-refractivity contribution in [1.82, 2.24) is 0 Å². The summed E-state index contributed by atoms with van der Waals surface area (Å²) in [5.41, 5.74) is 2.25. The Morgan fingerprint density at radius 2 is 1.00 bits per heavy atom. The summed E-state index contributed by atoms with van der Waals surface area (Å²) in [5.74, 6) is 2.22. The Bertz CT molecular complexity index is 564. The normalized spacial score (nSPS) is 13.2. The Balaban J connectivity index is 1.84. The van der Waals surface area contributed by atoms with Crippen LogP contribution in [0.4, 0.5) is 0 Å². The van der Waals surface area contributed by atoms with Crippen molar-refractivity contribution in [3.8, 4) is 22.6 Å². The van der Waals surface area contributed by atoms with Gasteiger partial charge in [0, 0.05) is 13.2 Å². The molecule has 0 fully saturated rings. The summed E-state index contributed by atoms with van der Waals surface area (Å²) in [6.45, 7) is 5.63. The fourth-order valence-corrected chi connectivity index (χ4v) is 2.43. The number of benzene rings is 2. The molecule has 0 bridgehead atoms. The minimum atomic E-state index is 0.197. The third-order valence-electron chi connectivity index (χ3n) is 4.42. The predicted molar refractivity (Wildman–Crippen MR) is 105 cm³/mol. The molecule has 0 radical (unpaired) electrons. The first kappa shape index (κ1) is 20.3. The summed E-state index contributed by atoms with van der Waals surface area (Å²) < 4.78 is 11.4. The van der Waals surface area contributed by atoms with E-state index in [1.807, 2.05) is 62.4 Å². The van der Waals surface area contributed by atoms with Gasteiger partial charge in [-0.3, -0.25) is 0 Å². The average molecular weight is 358 g/mol. The van der Waals surface area contributed by atoms with Crippen LogP contribution in [0.1, 0.15) is 26.7 Å². The van der Waals surface area contributed by atoms with Crippen LogP contribution in [0.15, 0.2) is 48.5 Å². The smallest absolute Gasteiger partial charge is 0.119 e. The molecule has 0 aromatic heterocycles. The molecule has 0 spiro atoms. The van der Waals surface area contributed by atoms with Crippen LogP contribution in [0, 0.1) is 11.8 Å². The summed E-state index contributed by atoms with van der Waals surface area (Å²) >= 11 is 0. The third-order valence-corrected chi connectivity index (χ3v) is 4.42. The summed E-state index contributed by atoms with van der Waals surface area (Å²) in [6.07, 6.45) is 1.69. The Hall–Kier alpha value is -2.04. The van der Waals surface area contributed by atoms with Gasteiger partial charge in [-0.2, -0.15) is 0 Å². The lowest BCUT2D eigenvalue weighted by Crippen LogP contribution is -2.07. The van der Waals surface area contributed by atoms with Crippen LogP contribution in [0.2, 0.25) is 0 Å². The fraction of sp³-hybridized carbons (Fsp3) is 0.455. The van der Waals surface area contributed by atoms with Gasteiger partial charge < -0.3 is 19.7 Å². The van der Waals surface area contributed by atoms with Gasteiger partial charge in [0.1, 0.15) is 11.5 Å². The maximum atomic E-state index is 9.02. The molecule has 0 saturated carbocycles. The first-order valence-corrected chi connectivity index (χ1v) is 9.30. The Morgan fingerprint density at radius 3 is 1.31 bits per heavy atom. The molecule has 2 aromatic carbocycles. The standard InChI is InChI=1S/C22H30O4/c1-17(15-23)11-13-25-21-7-3-19(4-8-21)20-5-9-22(10-6-20)26-14-12-18(2)16-24/h3-10,17-18,23-24H,11-16H2,1-2H3. The highest BCUT2D eigenvalue weighted by atomic mass is 16.5. The van der Waals surface area contributed by atoms with E-state index in [1.165, 1.54) is 0 Å². The second kappa shape index (κ2) is 10.8. The molecule has 142 valence electrons. The molecule has 2 rings (SSSR count). The van der Waals surface area contributed by atoms with Gasteiger partial charge in [-0.15, -0.1) is 0 Å². The van der Waals surface area contributed by atoms with Crippen LogP contribution in [0.5, 0.6) is 11.5 Å². The molecular formula is C22H30O4. The SMILES string of the molecule is CC(CO)CCOc1ccc(-c2ccc(OCCC(C)CO)cc2)cc1. The Morgan fingerprint density at radius 1 is 0.654 bits per heavy atom. The molecule has 2 atom stereocenters. The van der Waals surface area contributed by atoms with Crippen molar-refractivity contribution in [1.29, 1.82) is 0 Å². The minimum absolute atomic E-state index is 0.197. The number of hydrogen-bond acceptors (Lipinski definition) is 4. The second-order valence-electron chi connectivity index (χ2n) is 6.90. The molecule has 4 nitrogen and oxygen atoms in total. The molecule has 2 aromatic rings. The van der Waals surface area contributed by atoms with Crippen molar-refractivity contribution in [3.63, 3.8) is 0 Å². The first-order valence-electron chi connectivity index (χ1n) is 9.30. The van der Waals surface area contributed by atoms with Crippen LogP contribution in [0.25, 0.3) is 11.1 Å². The molecule has 0 amide bonds. The fourth-order valence-electron chi connectivity index (χ4n) is 2.43. The van der Waals surface area contributed by atoms with Gasteiger partial charge in [-0.1, -0.05) is 38.1 Å². The highest BCUT2D eigenvalue weighted by molar-refractivity contribution is 5.64. The lowest BCUT2D eigenvalue weighted by Gasteiger charge is -2.11. The van der Waals surface area contributed by atoms with Gasteiger partial charge in [0.2, 0.25) is 0 Å². The maximum absolute atomic E-state index is 9.02. The molecule has 4 heteroatoms. The topological polar surface area (TPSA) is 58.9 Å². The zero-order valence-corrected chi connectivity index (χ0v) is 15.7. The monoisotopic (exact) mass is 358 g/mol. The second-order valence-corrected chi connectivity index (χ2v) is 6.90. The molecular weight excluding hydrogens is 328 g/mol. The lowest BCUT2D eigenvalue weighted by atomic mass is 10.1. The molecule has 0 aliphatic heterocycles. The van der Waals surface area contributed by atoms with E-state index in [0.717, 1.165) is 35.5 Å². The highest BCUT2D eigenvalue weighted by Gasteiger charge is 2.03. The number of rotatable bonds is 11. The van der Waals surface area contributed by atoms with Crippen LogP contribution < -0.4 is 9.47 Å². The van der Waals surface area contributed by atoms with Crippen molar-refractivity contribution in [2.24, 2.45) is 11.8 Å². The number of aliphatic hydroxyl groups excluding tert-OH is 2. The van der Waals surface area contributed by atoms with E-state index in [1.54, 1.807) is 0 Å². The molecule has 0 heterocycles. The van der Waals surface area contributed by atoms with Gasteiger partial charge in [0.25, 0.3) is 0 Å². The summed E-state index contributed by atoms with van der Waals surface area (Å²) in [4.78, 5) is 0. The Kier molecular flexibility index (Phi) is 8.45. The van der Waals surface area contributed by atoms with E-state index in [2.05, 4.69) is 0 Å². The number of aliphatic hydroxyl groups is 2. The molecule has 0 aliphatic rings. The zero-order valence-electron chi connectivity index (χ0n) is 15.7. The van der Waals surface area contributed by atoms with Crippen molar-refractivity contribution in [2.75, 3.05) is 26.4 Å². The molecule has 2 unspecified atom stereocenters. The van der Waals surface area contributed by atoms with Crippen LogP contribution in [0.3, 0.4) is 0 Å². The van der Waals surface area contributed by atoms with Crippen molar-refractivity contribution in [2.45, 2.75) is 26.7 Å². The highest BCUT2D eigenvalue weighted by Crippen LogP contribution is 2.25. The van der Waals surface area contributed by atoms with Gasteiger partial charge in [-0.25, -0.2) is 0 Å². The predicted octanol–water partition coefficient (Wildman–Crippen LogP) is 4.15. The number of ether oxygens (including phenoxy) is 2. The van der Waals surface area contributed by atoms with Crippen molar-refractivity contribution in [3.05, 3.63) is 48.5 Å². The third kappa shape index (κ3) is 6.70. The van der Waals surface area contributed by atoms with E-state index < -0.39 is 0 Å². The van der Waals surface area contributed by atoms with Crippen LogP contribution >= 0.6 is 0 Å². The van der Waals surface area contributed by atoms with Crippen molar-refractivity contribution >= 4 is 0 Å². The van der Waals surface area contributed by atoms with Gasteiger partial charge in [0.05, 0.1) is 13.2 Å². The Labute approximate surface area is 156 Å². The van der Waals surface area contributed by atoms with E-state index in [0.29, 0.717) is 13.2 Å². The maximum Gasteiger partial charge on any atom is 0.119 e. The number of hydrogen-bond donors (Lipinski definition) is 2. The summed E-state index contributed by atoms with van der Waals surface area (Å²) in [5, 5.41) is 18.0. The summed E-state index contributed by atoms with van der Waals surface area (Å²) in [7, 11) is 0. The average Bonchev–Trinajstić information content (AvgIpc) is 2.68. The largest absolute Gasteiger partial charge is 0.494 e. The van der Waals surface area contributed by atoms with Crippen LogP contribution in [-0.2, 0) is 0 Å². The van der Waals surface area contributed by atoms with E-state index in [9.17, 15) is 0 Å². The lowest BCUT2D eigenvalue weighted by molar-refractivity contribution is 0.202. The minimum Gasteiger partial charge on any atom is -0.494 e. The van der Waals surface area contributed by atoms with Crippen LogP contribution in [-0.4, -0.2) is 36.6 Å². The molecule has 26 heavy (non-hydrogen) atoms. The molecule has 0 saturated heterocycles. The van der Waals surface area contributed by atoms with E-state index in [-0.39, 0.29) is 25.0 Å². The summed E-state index contributed by atoms with van der Waals surface area (Å²) in [6, 6.07) is 16.1.